The van der Waals surface area contributed by atoms with Gasteiger partial charge in [0.25, 0.3) is 5.91 Å². The summed E-state index contributed by atoms with van der Waals surface area (Å²) >= 11 is 3.21. The van der Waals surface area contributed by atoms with E-state index in [0.717, 1.165) is 46.8 Å². The average molecular weight is 349 g/mol. The molecule has 0 aliphatic carbocycles. The first-order chi connectivity index (χ1) is 11.3. The molecule has 0 spiro atoms. The highest BCUT2D eigenvalue weighted by atomic mass is 32.2. The Kier molecular flexibility index (Phi) is 5.53. The fraction of sp³-hybridized carbons (Fsp3) is 0.375. The summed E-state index contributed by atoms with van der Waals surface area (Å²) in [6, 6.07) is 7.65. The third-order valence-electron chi connectivity index (χ3n) is 3.60. The van der Waals surface area contributed by atoms with Gasteiger partial charge in [-0.15, -0.1) is 23.1 Å². The zero-order chi connectivity index (χ0) is 16.1. The van der Waals surface area contributed by atoms with E-state index < -0.39 is 0 Å². The van der Waals surface area contributed by atoms with Gasteiger partial charge in [-0.3, -0.25) is 4.79 Å². The van der Waals surface area contributed by atoms with Crippen molar-refractivity contribution in [3.63, 3.8) is 0 Å². The third-order valence-corrected chi connectivity index (χ3v) is 5.45. The Balaban J connectivity index is 1.60. The Hall–Kier alpha value is -1.57. The summed E-state index contributed by atoms with van der Waals surface area (Å²) in [5.74, 6) is -0.0451. The molecule has 0 unspecified atom stereocenters. The predicted octanol–water partition coefficient (Wildman–Crippen LogP) is 2.63. The minimum Gasteiger partial charge on any atom is -0.378 e. The number of nitrogens with one attached hydrogen (secondary N) is 1. The summed E-state index contributed by atoms with van der Waals surface area (Å²) in [4.78, 5) is 21.1. The summed E-state index contributed by atoms with van der Waals surface area (Å²) in [6.45, 7) is 3.75. The highest BCUT2D eigenvalue weighted by Crippen LogP contribution is 2.24. The van der Waals surface area contributed by atoms with Gasteiger partial charge >= 0.3 is 0 Å². The minimum absolute atomic E-state index is 0.0451. The quantitative estimate of drug-likeness (QED) is 0.841. The van der Waals surface area contributed by atoms with Gasteiger partial charge < -0.3 is 15.0 Å². The predicted molar refractivity (Wildman–Crippen MR) is 94.5 cm³/mol. The van der Waals surface area contributed by atoms with Crippen LogP contribution in [0.25, 0.3) is 0 Å². The Labute approximate surface area is 144 Å². The van der Waals surface area contributed by atoms with Crippen molar-refractivity contribution in [3.05, 3.63) is 40.9 Å². The number of ether oxygens (including phenoxy) is 1. The van der Waals surface area contributed by atoms with Gasteiger partial charge in [-0.25, -0.2) is 4.98 Å². The SMILES string of the molecule is CSc1ccccc1C(=O)NCc1cnc(N2CCOCC2)s1. The molecule has 1 N–H and O–H groups in total. The number of amides is 1. The van der Waals surface area contributed by atoms with Crippen molar-refractivity contribution in [1.82, 2.24) is 10.3 Å². The molecular weight excluding hydrogens is 330 g/mol. The average Bonchev–Trinajstić information content (AvgIpc) is 3.09. The summed E-state index contributed by atoms with van der Waals surface area (Å²) in [5, 5.41) is 3.98. The van der Waals surface area contributed by atoms with E-state index in [2.05, 4.69) is 15.2 Å². The molecule has 7 heteroatoms. The zero-order valence-electron chi connectivity index (χ0n) is 12.9. The van der Waals surface area contributed by atoms with Crippen molar-refractivity contribution < 1.29 is 9.53 Å². The second-order valence-electron chi connectivity index (χ2n) is 5.09. The molecule has 5 nitrogen and oxygen atoms in total. The van der Waals surface area contributed by atoms with Gasteiger partial charge in [0.05, 0.1) is 25.3 Å². The van der Waals surface area contributed by atoms with Gasteiger partial charge in [0, 0.05) is 29.1 Å². The summed E-state index contributed by atoms with van der Waals surface area (Å²) in [7, 11) is 0. The first-order valence-corrected chi connectivity index (χ1v) is 9.50. The van der Waals surface area contributed by atoms with Crippen molar-refractivity contribution in [2.45, 2.75) is 11.4 Å². The number of morpholine rings is 1. The van der Waals surface area contributed by atoms with Crippen LogP contribution in [0.2, 0.25) is 0 Å². The maximum atomic E-state index is 12.3. The number of rotatable bonds is 5. The molecule has 1 fully saturated rings. The summed E-state index contributed by atoms with van der Waals surface area (Å²) in [6.07, 6.45) is 3.82. The van der Waals surface area contributed by atoms with Crippen LogP contribution in [-0.2, 0) is 11.3 Å². The van der Waals surface area contributed by atoms with E-state index >= 15 is 0 Å². The Bertz CT molecular complexity index is 669. The largest absolute Gasteiger partial charge is 0.378 e. The molecule has 1 amide bonds. The lowest BCUT2D eigenvalue weighted by molar-refractivity contribution is 0.0948. The van der Waals surface area contributed by atoms with E-state index in [1.807, 2.05) is 36.7 Å². The van der Waals surface area contributed by atoms with E-state index in [-0.39, 0.29) is 5.91 Å². The zero-order valence-corrected chi connectivity index (χ0v) is 14.6. The smallest absolute Gasteiger partial charge is 0.252 e. The summed E-state index contributed by atoms with van der Waals surface area (Å²) in [5.41, 5.74) is 0.720. The molecule has 1 aliphatic rings. The van der Waals surface area contributed by atoms with Crippen molar-refractivity contribution in [3.8, 4) is 0 Å². The van der Waals surface area contributed by atoms with E-state index in [4.69, 9.17) is 4.74 Å². The number of benzene rings is 1. The number of nitrogens with zero attached hydrogens (tertiary/aromatic N) is 2. The fourth-order valence-electron chi connectivity index (χ4n) is 2.37. The summed E-state index contributed by atoms with van der Waals surface area (Å²) < 4.78 is 5.35. The number of thiazole rings is 1. The molecule has 0 atom stereocenters. The lowest BCUT2D eigenvalue weighted by Gasteiger charge is -2.25. The van der Waals surface area contributed by atoms with E-state index in [9.17, 15) is 4.79 Å². The molecule has 0 saturated carbocycles. The number of carbonyl (C=O) groups is 1. The van der Waals surface area contributed by atoms with Gasteiger partial charge in [-0.2, -0.15) is 0 Å². The number of aromatic nitrogens is 1. The maximum Gasteiger partial charge on any atom is 0.252 e. The van der Waals surface area contributed by atoms with Gasteiger partial charge in [-0.05, 0) is 18.4 Å². The van der Waals surface area contributed by atoms with Crippen LogP contribution >= 0.6 is 23.1 Å². The minimum atomic E-state index is -0.0451. The molecule has 23 heavy (non-hydrogen) atoms. The van der Waals surface area contributed by atoms with Gasteiger partial charge in [0.1, 0.15) is 0 Å². The number of thioether (sulfide) groups is 1. The van der Waals surface area contributed by atoms with Gasteiger partial charge in [-0.1, -0.05) is 12.1 Å². The Morgan fingerprint density at radius 3 is 2.96 bits per heavy atom. The second-order valence-corrected chi connectivity index (χ2v) is 7.03. The van der Waals surface area contributed by atoms with Crippen molar-refractivity contribution >= 4 is 34.1 Å². The number of hydrogen-bond donors (Lipinski definition) is 1. The maximum absolute atomic E-state index is 12.3. The lowest BCUT2D eigenvalue weighted by atomic mass is 10.2. The van der Waals surface area contributed by atoms with Crippen LogP contribution < -0.4 is 10.2 Å². The van der Waals surface area contributed by atoms with E-state index in [1.165, 1.54) is 0 Å². The van der Waals surface area contributed by atoms with Crippen LogP contribution in [0.3, 0.4) is 0 Å². The number of carbonyl (C=O) groups excluding carboxylic acids is 1. The van der Waals surface area contributed by atoms with Crippen LogP contribution in [0.15, 0.2) is 35.4 Å². The number of anilines is 1. The van der Waals surface area contributed by atoms with Gasteiger partial charge in [0.15, 0.2) is 5.13 Å². The van der Waals surface area contributed by atoms with Crippen LogP contribution in [-0.4, -0.2) is 43.5 Å². The van der Waals surface area contributed by atoms with Gasteiger partial charge in [0.2, 0.25) is 0 Å². The van der Waals surface area contributed by atoms with Crippen molar-refractivity contribution in [2.24, 2.45) is 0 Å². The molecule has 3 rings (SSSR count). The van der Waals surface area contributed by atoms with E-state index in [1.54, 1.807) is 23.1 Å². The third kappa shape index (κ3) is 4.04. The van der Waals surface area contributed by atoms with Crippen LogP contribution in [0.1, 0.15) is 15.2 Å². The Morgan fingerprint density at radius 2 is 2.17 bits per heavy atom. The first kappa shape index (κ1) is 16.3. The first-order valence-electron chi connectivity index (χ1n) is 7.46. The van der Waals surface area contributed by atoms with E-state index in [0.29, 0.717) is 6.54 Å². The monoisotopic (exact) mass is 349 g/mol. The Morgan fingerprint density at radius 1 is 1.39 bits per heavy atom. The van der Waals surface area contributed by atoms with Crippen LogP contribution in [0.4, 0.5) is 5.13 Å². The topological polar surface area (TPSA) is 54.5 Å². The van der Waals surface area contributed by atoms with Crippen LogP contribution in [0.5, 0.6) is 0 Å². The molecule has 122 valence electrons. The molecule has 1 aromatic heterocycles. The molecule has 1 aliphatic heterocycles. The standard InChI is InChI=1S/C16H19N3O2S2/c1-22-14-5-3-2-4-13(14)15(20)17-10-12-11-18-16(23-12)19-6-8-21-9-7-19/h2-5,11H,6-10H2,1H3,(H,17,20). The second kappa shape index (κ2) is 7.81. The van der Waals surface area contributed by atoms with Crippen molar-refractivity contribution in [2.75, 3.05) is 37.5 Å². The molecular formula is C16H19N3O2S2. The normalized spacial score (nSPS) is 14.7. The fourth-order valence-corrected chi connectivity index (χ4v) is 3.87. The molecule has 1 saturated heterocycles. The highest BCUT2D eigenvalue weighted by molar-refractivity contribution is 7.98. The molecule has 1 aromatic carbocycles. The highest BCUT2D eigenvalue weighted by Gasteiger charge is 2.15. The van der Waals surface area contributed by atoms with Crippen molar-refractivity contribution in [1.29, 1.82) is 0 Å². The van der Waals surface area contributed by atoms with Crippen LogP contribution in [0, 0.1) is 0 Å². The molecule has 2 aromatic rings. The lowest BCUT2D eigenvalue weighted by Crippen LogP contribution is -2.36. The molecule has 0 bridgehead atoms. The molecule has 2 heterocycles. The molecule has 0 radical (unpaired) electrons. The number of hydrogen-bond acceptors (Lipinski definition) is 6.